The number of rotatable bonds is 1. The zero-order valence-corrected chi connectivity index (χ0v) is 31.5. The van der Waals surface area contributed by atoms with E-state index < -0.39 is 0 Å². The van der Waals surface area contributed by atoms with Gasteiger partial charge in [-0.3, -0.25) is 42.5 Å². The first kappa shape index (κ1) is 32.4. The summed E-state index contributed by atoms with van der Waals surface area (Å²) >= 11 is 0. The molecule has 17 unspecified atom stereocenters. The molecule has 9 heteroatoms. The third-order valence-electron chi connectivity index (χ3n) is 15.1. The Labute approximate surface area is 295 Å². The van der Waals surface area contributed by atoms with E-state index in [4.69, 9.17) is 0 Å². The van der Waals surface area contributed by atoms with E-state index in [0.717, 1.165) is 17.8 Å². The minimum absolute atomic E-state index is 0. The summed E-state index contributed by atoms with van der Waals surface area (Å²) in [6.45, 7) is 0. The maximum Gasteiger partial charge on any atom is 0.0628 e. The van der Waals surface area contributed by atoms with Gasteiger partial charge in [-0.15, -0.1) is 0 Å². The predicted molar refractivity (Wildman–Crippen MR) is 182 cm³/mol. The Kier molecular flexibility index (Phi) is 9.37. The SMILES string of the molecule is [Zn].c1ccc(C2CCC3C4NC5NC(NC6NC(NC7NC(NC(N4)C3C2)C2CCCCC72)C2CCCCC62)C2CCCCC52)cc1. The summed E-state index contributed by atoms with van der Waals surface area (Å²) in [6.07, 6.45) is 23.4. The Morgan fingerprint density at radius 3 is 0.979 bits per heavy atom. The van der Waals surface area contributed by atoms with E-state index in [1.165, 1.54) is 96.3 Å². The summed E-state index contributed by atoms with van der Waals surface area (Å²) in [4.78, 5) is 0. The van der Waals surface area contributed by atoms with Gasteiger partial charge in [0.2, 0.25) is 0 Å². The molecule has 47 heavy (non-hydrogen) atoms. The molecule has 4 aliphatic carbocycles. The standard InChI is InChI=1S/C38H60N8.Zn/c1-2-10-21(11-3-1)22-18-19-29-30(20-22)38-45-36-28-17-9-8-16-27(28)34(43-36)41-32-24-13-5-4-12-23(24)31(39-32)40-33-25-14-6-7-15-26(25)35(42-33)44-37(29)46-38;/h1-3,10-11,22-46H,4-9,12-20H2;. The fraction of sp³-hybridized carbons (Fsp3) is 0.842. The zero-order valence-electron chi connectivity index (χ0n) is 28.5. The number of hydrogen-bond donors (Lipinski definition) is 8. The van der Waals surface area contributed by atoms with Gasteiger partial charge in [-0.2, -0.15) is 0 Å². The summed E-state index contributed by atoms with van der Waals surface area (Å²) in [5, 5.41) is 34.1. The topological polar surface area (TPSA) is 96.2 Å². The van der Waals surface area contributed by atoms with Crippen LogP contribution in [-0.2, 0) is 19.5 Å². The molecular formula is C38H60N8Zn. The second kappa shape index (κ2) is 13.6. The summed E-state index contributed by atoms with van der Waals surface area (Å²) in [6, 6.07) is 11.4. The molecule has 1 aromatic rings. The smallest absolute Gasteiger partial charge is 0.0628 e. The Bertz CT molecular complexity index is 1220. The van der Waals surface area contributed by atoms with Crippen LogP contribution in [0.25, 0.3) is 0 Å². The molecule has 254 valence electrons. The summed E-state index contributed by atoms with van der Waals surface area (Å²) in [7, 11) is 0. The number of fused-ring (bicyclic) bond motifs is 20. The second-order valence-electron chi connectivity index (χ2n) is 17.2. The van der Waals surface area contributed by atoms with Crippen LogP contribution in [0.4, 0.5) is 0 Å². The minimum Gasteiger partial charge on any atom is -0.286 e. The average Bonchev–Trinajstić information content (AvgIpc) is 3.84. The molecule has 4 saturated carbocycles. The Morgan fingerprint density at radius 2 is 0.638 bits per heavy atom. The molecule has 0 amide bonds. The van der Waals surface area contributed by atoms with Crippen LogP contribution in [0.15, 0.2) is 30.3 Å². The molecule has 0 aromatic heterocycles. The molecule has 5 aliphatic heterocycles. The van der Waals surface area contributed by atoms with Crippen LogP contribution in [0.3, 0.4) is 0 Å². The van der Waals surface area contributed by atoms with E-state index in [-0.39, 0.29) is 19.5 Å². The fourth-order valence-corrected chi connectivity index (χ4v) is 13.0. The second-order valence-corrected chi connectivity index (χ2v) is 17.2. The van der Waals surface area contributed by atoms with Gasteiger partial charge in [0.1, 0.15) is 0 Å². The summed E-state index contributed by atoms with van der Waals surface area (Å²) in [5.41, 5.74) is 1.55. The number of hydrogen-bond acceptors (Lipinski definition) is 8. The molecule has 8 nitrogen and oxygen atoms in total. The molecule has 1 aromatic carbocycles. The monoisotopic (exact) mass is 692 g/mol. The number of benzene rings is 1. The Morgan fingerprint density at radius 1 is 0.340 bits per heavy atom. The third kappa shape index (κ3) is 5.84. The van der Waals surface area contributed by atoms with Gasteiger partial charge in [-0.05, 0) is 117 Å². The summed E-state index contributed by atoms with van der Waals surface area (Å²) < 4.78 is 0. The predicted octanol–water partition coefficient (Wildman–Crippen LogP) is 4.00. The molecule has 0 radical (unpaired) electrons. The van der Waals surface area contributed by atoms with Crippen molar-refractivity contribution in [1.29, 1.82) is 0 Å². The molecule has 5 heterocycles. The van der Waals surface area contributed by atoms with E-state index in [2.05, 4.69) is 72.9 Å². The molecule has 10 rings (SSSR count). The normalized spacial score (nSPS) is 52.0. The van der Waals surface area contributed by atoms with Crippen LogP contribution in [0.2, 0.25) is 0 Å². The quantitative estimate of drug-likeness (QED) is 0.210. The molecule has 17 atom stereocenters. The van der Waals surface area contributed by atoms with Crippen LogP contribution in [0, 0.1) is 47.3 Å². The molecule has 8 N–H and O–H groups in total. The van der Waals surface area contributed by atoms with E-state index >= 15 is 0 Å². The van der Waals surface area contributed by atoms with E-state index in [9.17, 15) is 0 Å². The van der Waals surface area contributed by atoms with Crippen molar-refractivity contribution >= 4 is 0 Å². The van der Waals surface area contributed by atoms with Crippen molar-refractivity contribution in [3.8, 4) is 0 Å². The van der Waals surface area contributed by atoms with Crippen LogP contribution in [0.1, 0.15) is 108 Å². The minimum atomic E-state index is 0. The van der Waals surface area contributed by atoms with Crippen LogP contribution < -0.4 is 42.5 Å². The van der Waals surface area contributed by atoms with Gasteiger partial charge in [0.15, 0.2) is 0 Å². The van der Waals surface area contributed by atoms with Crippen LogP contribution in [0.5, 0.6) is 0 Å². The maximum atomic E-state index is 4.33. The van der Waals surface area contributed by atoms with Gasteiger partial charge in [0.05, 0.1) is 49.3 Å². The van der Waals surface area contributed by atoms with Crippen molar-refractivity contribution in [2.75, 3.05) is 0 Å². The molecular weight excluding hydrogens is 634 g/mol. The van der Waals surface area contributed by atoms with E-state index in [1.807, 2.05) is 0 Å². The van der Waals surface area contributed by atoms with Gasteiger partial charge in [-0.1, -0.05) is 68.9 Å². The maximum absolute atomic E-state index is 4.33. The Balaban J connectivity index is 0.00000302. The zero-order chi connectivity index (χ0) is 30.2. The van der Waals surface area contributed by atoms with Crippen molar-refractivity contribution in [3.63, 3.8) is 0 Å². The fourth-order valence-electron chi connectivity index (χ4n) is 13.0. The van der Waals surface area contributed by atoms with E-state index in [1.54, 1.807) is 5.56 Å². The first-order valence-electron chi connectivity index (χ1n) is 19.9. The molecule has 5 saturated heterocycles. The van der Waals surface area contributed by atoms with E-state index in [0.29, 0.717) is 84.8 Å². The first-order chi connectivity index (χ1) is 22.8. The van der Waals surface area contributed by atoms with Gasteiger partial charge in [0.25, 0.3) is 0 Å². The van der Waals surface area contributed by atoms with Crippen molar-refractivity contribution in [3.05, 3.63) is 35.9 Å². The molecule has 9 fully saturated rings. The molecule has 0 spiro atoms. The Hall–Kier alpha value is -0.477. The van der Waals surface area contributed by atoms with Gasteiger partial charge < -0.3 is 0 Å². The van der Waals surface area contributed by atoms with Gasteiger partial charge >= 0.3 is 0 Å². The summed E-state index contributed by atoms with van der Waals surface area (Å²) in [5.74, 6) is 6.30. The largest absolute Gasteiger partial charge is 0.286 e. The van der Waals surface area contributed by atoms with Crippen molar-refractivity contribution in [1.82, 2.24) is 42.5 Å². The van der Waals surface area contributed by atoms with Gasteiger partial charge in [0, 0.05) is 19.5 Å². The van der Waals surface area contributed by atoms with Gasteiger partial charge in [-0.25, -0.2) is 0 Å². The third-order valence-corrected chi connectivity index (χ3v) is 15.1. The molecule has 8 bridgehead atoms. The van der Waals surface area contributed by atoms with Crippen LogP contribution in [-0.4, -0.2) is 49.3 Å². The average molecular weight is 694 g/mol. The van der Waals surface area contributed by atoms with Crippen molar-refractivity contribution < 1.29 is 19.5 Å². The molecule has 9 aliphatic rings. The van der Waals surface area contributed by atoms with Crippen LogP contribution >= 0.6 is 0 Å². The number of nitrogens with one attached hydrogen (secondary N) is 8. The van der Waals surface area contributed by atoms with Crippen molar-refractivity contribution in [2.24, 2.45) is 47.3 Å². The van der Waals surface area contributed by atoms with Crippen molar-refractivity contribution in [2.45, 2.75) is 152 Å². The first-order valence-corrected chi connectivity index (χ1v) is 19.9.